The molecule has 1 unspecified atom stereocenters. The van der Waals surface area contributed by atoms with Gasteiger partial charge in [0.05, 0.1) is 6.42 Å². The zero-order valence-electron chi connectivity index (χ0n) is 9.77. The molecule has 0 aliphatic carbocycles. The third-order valence-corrected chi connectivity index (χ3v) is 2.77. The van der Waals surface area contributed by atoms with Crippen LogP contribution in [0.3, 0.4) is 0 Å². The molecule has 94 valence electrons. The Kier molecular flexibility index (Phi) is 4.37. The summed E-state index contributed by atoms with van der Waals surface area (Å²) < 4.78 is 0. The van der Waals surface area contributed by atoms with Crippen molar-refractivity contribution in [2.45, 2.75) is 32.2 Å². The van der Waals surface area contributed by atoms with E-state index in [0.29, 0.717) is 16.1 Å². The Balaban J connectivity index is 3.19. The van der Waals surface area contributed by atoms with Crippen LogP contribution in [-0.2, 0) is 4.79 Å². The van der Waals surface area contributed by atoms with Gasteiger partial charge in [-0.3, -0.25) is 4.79 Å². The number of hydrogen-bond donors (Lipinski definition) is 3. The van der Waals surface area contributed by atoms with E-state index in [-0.39, 0.29) is 18.1 Å². The third kappa shape index (κ3) is 3.35. The molecule has 1 rings (SSSR count). The molecular formula is C12H16ClNO3. The number of aromatic hydroxyl groups is 1. The lowest BCUT2D eigenvalue weighted by molar-refractivity contribution is -0.137. The molecule has 0 heterocycles. The summed E-state index contributed by atoms with van der Waals surface area (Å²) in [6, 6.07) is 2.42. The summed E-state index contributed by atoms with van der Waals surface area (Å²) >= 11 is 5.93. The first kappa shape index (κ1) is 13.8. The van der Waals surface area contributed by atoms with Crippen molar-refractivity contribution in [2.24, 2.45) is 5.73 Å². The Morgan fingerprint density at radius 1 is 1.41 bits per heavy atom. The molecule has 0 fully saturated rings. The van der Waals surface area contributed by atoms with E-state index in [1.54, 1.807) is 6.07 Å². The topological polar surface area (TPSA) is 83.6 Å². The Morgan fingerprint density at radius 3 is 2.41 bits per heavy atom. The van der Waals surface area contributed by atoms with Crippen LogP contribution in [0.15, 0.2) is 12.1 Å². The third-order valence-electron chi connectivity index (χ3n) is 2.55. The molecule has 0 bridgehead atoms. The van der Waals surface area contributed by atoms with Gasteiger partial charge in [0.1, 0.15) is 5.75 Å². The SMILES string of the molecule is CC(C)c1cc(Cl)cc(C(N)CC(=O)O)c1O. The maximum atomic E-state index is 10.6. The highest BCUT2D eigenvalue weighted by Gasteiger charge is 2.19. The molecule has 4 nitrogen and oxygen atoms in total. The van der Waals surface area contributed by atoms with Crippen molar-refractivity contribution in [3.63, 3.8) is 0 Å². The number of carboxylic acids is 1. The van der Waals surface area contributed by atoms with Gasteiger partial charge in [0.15, 0.2) is 0 Å². The van der Waals surface area contributed by atoms with Crippen molar-refractivity contribution in [2.75, 3.05) is 0 Å². The Labute approximate surface area is 105 Å². The fraction of sp³-hybridized carbons (Fsp3) is 0.417. The second-order valence-corrected chi connectivity index (χ2v) is 4.73. The van der Waals surface area contributed by atoms with Gasteiger partial charge in [-0.05, 0) is 23.6 Å². The number of hydrogen-bond acceptors (Lipinski definition) is 3. The molecule has 0 saturated heterocycles. The minimum absolute atomic E-state index is 0.0400. The molecule has 0 aliphatic rings. The van der Waals surface area contributed by atoms with Crippen LogP contribution >= 0.6 is 11.6 Å². The van der Waals surface area contributed by atoms with Crippen molar-refractivity contribution in [3.8, 4) is 5.75 Å². The maximum absolute atomic E-state index is 10.6. The highest BCUT2D eigenvalue weighted by molar-refractivity contribution is 6.30. The fourth-order valence-corrected chi connectivity index (χ4v) is 1.90. The standard InChI is InChI=1S/C12H16ClNO3/c1-6(2)8-3-7(13)4-9(12(8)17)10(14)5-11(15)16/h3-4,6,10,17H,5,14H2,1-2H3,(H,15,16). The Bertz CT molecular complexity index is 432. The first-order valence-electron chi connectivity index (χ1n) is 5.32. The second-order valence-electron chi connectivity index (χ2n) is 4.29. The van der Waals surface area contributed by atoms with E-state index < -0.39 is 12.0 Å². The van der Waals surface area contributed by atoms with Gasteiger partial charge in [-0.25, -0.2) is 0 Å². The van der Waals surface area contributed by atoms with E-state index in [9.17, 15) is 9.90 Å². The van der Waals surface area contributed by atoms with Crippen molar-refractivity contribution < 1.29 is 15.0 Å². The van der Waals surface area contributed by atoms with Gasteiger partial charge in [-0.1, -0.05) is 25.4 Å². The summed E-state index contributed by atoms with van der Waals surface area (Å²) in [5.74, 6) is -0.884. The van der Waals surface area contributed by atoms with E-state index in [1.165, 1.54) is 6.07 Å². The molecule has 17 heavy (non-hydrogen) atoms. The highest BCUT2D eigenvalue weighted by atomic mass is 35.5. The number of carboxylic acid groups (broad SMARTS) is 1. The average Bonchev–Trinajstić information content (AvgIpc) is 2.19. The number of nitrogens with two attached hydrogens (primary N) is 1. The van der Waals surface area contributed by atoms with Crippen LogP contribution in [0.4, 0.5) is 0 Å². The molecule has 5 heteroatoms. The first-order valence-corrected chi connectivity index (χ1v) is 5.70. The number of halogens is 1. The summed E-state index contributed by atoms with van der Waals surface area (Å²) in [6.45, 7) is 3.83. The predicted octanol–water partition coefficient (Wildman–Crippen LogP) is 2.64. The molecule has 0 aromatic heterocycles. The zero-order valence-corrected chi connectivity index (χ0v) is 10.5. The van der Waals surface area contributed by atoms with Crippen LogP contribution in [0, 0.1) is 0 Å². The van der Waals surface area contributed by atoms with Gasteiger partial charge in [0, 0.05) is 16.6 Å². The largest absolute Gasteiger partial charge is 0.507 e. The summed E-state index contributed by atoms with van der Waals surface area (Å²) in [6.07, 6.45) is -0.245. The van der Waals surface area contributed by atoms with E-state index in [0.717, 1.165) is 0 Å². The molecular weight excluding hydrogens is 242 g/mol. The van der Waals surface area contributed by atoms with Crippen LogP contribution in [0.25, 0.3) is 0 Å². The quantitative estimate of drug-likeness (QED) is 0.774. The van der Waals surface area contributed by atoms with Crippen molar-refractivity contribution in [1.29, 1.82) is 0 Å². The van der Waals surface area contributed by atoms with Gasteiger partial charge >= 0.3 is 5.97 Å². The Morgan fingerprint density at radius 2 is 1.94 bits per heavy atom. The maximum Gasteiger partial charge on any atom is 0.305 e. The van der Waals surface area contributed by atoms with Gasteiger partial charge in [-0.2, -0.15) is 0 Å². The Hall–Kier alpha value is -1.26. The second kappa shape index (κ2) is 5.38. The molecule has 1 aromatic carbocycles. The van der Waals surface area contributed by atoms with E-state index in [2.05, 4.69) is 0 Å². The van der Waals surface area contributed by atoms with E-state index >= 15 is 0 Å². The number of aliphatic carboxylic acids is 1. The van der Waals surface area contributed by atoms with Crippen LogP contribution in [-0.4, -0.2) is 16.2 Å². The fourth-order valence-electron chi connectivity index (χ4n) is 1.66. The van der Waals surface area contributed by atoms with Gasteiger partial charge in [0.25, 0.3) is 0 Å². The molecule has 4 N–H and O–H groups in total. The molecule has 1 aromatic rings. The summed E-state index contributed by atoms with van der Waals surface area (Å²) in [5, 5.41) is 19.2. The molecule has 0 radical (unpaired) electrons. The molecule has 0 spiro atoms. The van der Waals surface area contributed by atoms with E-state index in [4.69, 9.17) is 22.4 Å². The molecule has 0 aliphatic heterocycles. The molecule has 0 saturated carbocycles. The number of phenolic OH excluding ortho intramolecular Hbond substituents is 1. The van der Waals surface area contributed by atoms with Gasteiger partial charge < -0.3 is 15.9 Å². The van der Waals surface area contributed by atoms with Crippen LogP contribution in [0.2, 0.25) is 5.02 Å². The minimum Gasteiger partial charge on any atom is -0.507 e. The smallest absolute Gasteiger partial charge is 0.305 e. The van der Waals surface area contributed by atoms with Crippen LogP contribution in [0.1, 0.15) is 43.4 Å². The lowest BCUT2D eigenvalue weighted by Crippen LogP contribution is -2.15. The number of phenols is 1. The molecule has 0 amide bonds. The number of carbonyl (C=O) groups is 1. The summed E-state index contributed by atoms with van der Waals surface area (Å²) in [7, 11) is 0. The summed E-state index contributed by atoms with van der Waals surface area (Å²) in [4.78, 5) is 10.6. The van der Waals surface area contributed by atoms with Crippen molar-refractivity contribution in [1.82, 2.24) is 0 Å². The van der Waals surface area contributed by atoms with E-state index in [1.807, 2.05) is 13.8 Å². The minimum atomic E-state index is -1.01. The highest BCUT2D eigenvalue weighted by Crippen LogP contribution is 2.35. The predicted molar refractivity (Wildman–Crippen MR) is 66.4 cm³/mol. The van der Waals surface area contributed by atoms with Crippen molar-refractivity contribution in [3.05, 3.63) is 28.3 Å². The summed E-state index contributed by atoms with van der Waals surface area (Å²) in [5.41, 5.74) is 6.79. The lowest BCUT2D eigenvalue weighted by atomic mass is 9.95. The van der Waals surface area contributed by atoms with Gasteiger partial charge in [0.2, 0.25) is 0 Å². The van der Waals surface area contributed by atoms with Crippen LogP contribution in [0.5, 0.6) is 5.75 Å². The van der Waals surface area contributed by atoms with Gasteiger partial charge in [-0.15, -0.1) is 0 Å². The lowest BCUT2D eigenvalue weighted by Gasteiger charge is -2.17. The van der Waals surface area contributed by atoms with Crippen molar-refractivity contribution >= 4 is 17.6 Å². The average molecular weight is 258 g/mol. The first-order chi connectivity index (χ1) is 7.82. The normalized spacial score (nSPS) is 12.8. The number of benzene rings is 1. The molecule has 1 atom stereocenters. The monoisotopic (exact) mass is 257 g/mol. The zero-order chi connectivity index (χ0) is 13.2. The number of rotatable bonds is 4. The van der Waals surface area contributed by atoms with Crippen LogP contribution < -0.4 is 5.73 Å².